The van der Waals surface area contributed by atoms with Crippen LogP contribution in [0.4, 0.5) is 0 Å². The highest BCUT2D eigenvalue weighted by Crippen LogP contribution is 2.35. The van der Waals surface area contributed by atoms with E-state index in [-0.39, 0.29) is 0 Å². The van der Waals surface area contributed by atoms with Crippen LogP contribution in [0.5, 0.6) is 0 Å². The van der Waals surface area contributed by atoms with Gasteiger partial charge in [-0.2, -0.15) is 0 Å². The fraction of sp³-hybridized carbons (Fsp3) is 0.333. The Bertz CT molecular complexity index is 581. The van der Waals surface area contributed by atoms with Gasteiger partial charge in [-0.15, -0.1) is 0 Å². The molecule has 98 valence electrons. The van der Waals surface area contributed by atoms with Gasteiger partial charge in [-0.1, -0.05) is 53.0 Å². The van der Waals surface area contributed by atoms with E-state index in [1.54, 1.807) is 0 Å². The summed E-state index contributed by atoms with van der Waals surface area (Å²) in [6.45, 7) is 2.04. The highest BCUT2D eigenvalue weighted by Gasteiger charge is 2.24. The molecular formula is C15H14Cl2N2. The maximum absolute atomic E-state index is 6.28. The second kappa shape index (κ2) is 5.10. The van der Waals surface area contributed by atoms with Crippen molar-refractivity contribution in [3.63, 3.8) is 0 Å². The summed E-state index contributed by atoms with van der Waals surface area (Å²) in [5, 5.41) is 0.888. The first kappa shape index (κ1) is 12.9. The van der Waals surface area contributed by atoms with Crippen molar-refractivity contribution in [2.45, 2.75) is 26.2 Å². The van der Waals surface area contributed by atoms with Crippen LogP contribution in [0.25, 0.3) is 11.1 Å². The second-order valence-corrected chi connectivity index (χ2v) is 5.83. The van der Waals surface area contributed by atoms with E-state index in [4.69, 9.17) is 23.2 Å². The van der Waals surface area contributed by atoms with Crippen molar-refractivity contribution in [2.24, 2.45) is 5.92 Å². The zero-order valence-electron chi connectivity index (χ0n) is 10.7. The Hall–Kier alpha value is -1.12. The number of halogens is 2. The van der Waals surface area contributed by atoms with Crippen molar-refractivity contribution in [1.82, 2.24) is 9.97 Å². The molecule has 1 saturated carbocycles. The largest absolute Gasteiger partial charge is 0.220 e. The quantitative estimate of drug-likeness (QED) is 0.766. The molecule has 1 aliphatic carbocycles. The van der Waals surface area contributed by atoms with Gasteiger partial charge in [0.25, 0.3) is 0 Å². The van der Waals surface area contributed by atoms with Gasteiger partial charge in [0.15, 0.2) is 0 Å². The molecule has 1 heterocycles. The fourth-order valence-electron chi connectivity index (χ4n) is 2.08. The number of rotatable bonds is 3. The lowest BCUT2D eigenvalue weighted by Crippen LogP contribution is -1.99. The minimum absolute atomic E-state index is 0.444. The fourth-order valence-corrected chi connectivity index (χ4v) is 2.72. The first-order valence-electron chi connectivity index (χ1n) is 6.42. The van der Waals surface area contributed by atoms with E-state index >= 15 is 0 Å². The van der Waals surface area contributed by atoms with E-state index in [1.165, 1.54) is 18.4 Å². The summed E-state index contributed by atoms with van der Waals surface area (Å²) in [4.78, 5) is 8.77. The Morgan fingerprint density at radius 2 is 1.63 bits per heavy atom. The Kier molecular flexibility index (Phi) is 3.46. The van der Waals surface area contributed by atoms with Gasteiger partial charge in [0.2, 0.25) is 0 Å². The van der Waals surface area contributed by atoms with Crippen LogP contribution >= 0.6 is 23.2 Å². The molecule has 1 fully saturated rings. The summed E-state index contributed by atoms with van der Waals surface area (Å²) in [5.41, 5.74) is 2.88. The summed E-state index contributed by atoms with van der Waals surface area (Å²) >= 11 is 12.6. The average Bonchev–Trinajstić information content (AvgIpc) is 3.14. The van der Waals surface area contributed by atoms with Crippen molar-refractivity contribution in [3.8, 4) is 11.1 Å². The normalized spacial score (nSPS) is 14.7. The average molecular weight is 293 g/mol. The lowest BCUT2D eigenvalue weighted by atomic mass is 10.1. The predicted molar refractivity (Wildman–Crippen MR) is 78.7 cm³/mol. The molecule has 3 rings (SSSR count). The van der Waals surface area contributed by atoms with Gasteiger partial charge in [-0.25, -0.2) is 9.97 Å². The minimum atomic E-state index is 0.444. The molecule has 0 spiro atoms. The number of nitrogens with zero attached hydrogens (tertiary/aromatic N) is 2. The molecule has 0 aliphatic heterocycles. The standard InChI is InChI=1S/C15H14Cl2N2/c1-9-2-6-11(7-3-9)13-14(16)18-12(19-15(13)17)8-10-4-5-10/h2-3,6-7,10H,4-5,8H2,1H3. The lowest BCUT2D eigenvalue weighted by Gasteiger charge is -2.08. The zero-order valence-corrected chi connectivity index (χ0v) is 12.2. The van der Waals surface area contributed by atoms with Gasteiger partial charge < -0.3 is 0 Å². The molecule has 0 bridgehead atoms. The zero-order chi connectivity index (χ0) is 13.4. The SMILES string of the molecule is Cc1ccc(-c2c(Cl)nc(CC3CC3)nc2Cl)cc1. The molecule has 0 unspecified atom stereocenters. The molecule has 2 nitrogen and oxygen atoms in total. The van der Waals surface area contributed by atoms with Crippen LogP contribution in [-0.2, 0) is 6.42 Å². The highest BCUT2D eigenvalue weighted by molar-refractivity contribution is 6.37. The minimum Gasteiger partial charge on any atom is -0.220 e. The van der Waals surface area contributed by atoms with Crippen molar-refractivity contribution in [1.29, 1.82) is 0 Å². The molecule has 1 aromatic heterocycles. The van der Waals surface area contributed by atoms with Crippen molar-refractivity contribution < 1.29 is 0 Å². The van der Waals surface area contributed by atoms with E-state index in [9.17, 15) is 0 Å². The van der Waals surface area contributed by atoms with E-state index in [0.717, 1.165) is 29.3 Å². The Morgan fingerprint density at radius 1 is 1.05 bits per heavy atom. The van der Waals surface area contributed by atoms with Gasteiger partial charge in [0.1, 0.15) is 16.1 Å². The molecule has 4 heteroatoms. The molecule has 19 heavy (non-hydrogen) atoms. The van der Waals surface area contributed by atoms with Crippen LogP contribution in [-0.4, -0.2) is 9.97 Å². The van der Waals surface area contributed by atoms with Crippen molar-refractivity contribution in [3.05, 3.63) is 46.0 Å². The van der Waals surface area contributed by atoms with E-state index in [1.807, 2.05) is 31.2 Å². The van der Waals surface area contributed by atoms with E-state index < -0.39 is 0 Å². The summed E-state index contributed by atoms with van der Waals surface area (Å²) < 4.78 is 0. The molecule has 0 N–H and O–H groups in total. The number of hydrogen-bond donors (Lipinski definition) is 0. The Labute approximate surface area is 122 Å². The van der Waals surface area contributed by atoms with Crippen molar-refractivity contribution >= 4 is 23.2 Å². The first-order valence-corrected chi connectivity index (χ1v) is 7.18. The third kappa shape index (κ3) is 2.90. The monoisotopic (exact) mass is 292 g/mol. The number of benzene rings is 1. The third-order valence-corrected chi connectivity index (χ3v) is 3.92. The molecule has 0 atom stereocenters. The molecule has 0 radical (unpaired) electrons. The summed E-state index contributed by atoms with van der Waals surface area (Å²) in [5.74, 6) is 1.48. The van der Waals surface area contributed by atoms with Crippen LogP contribution < -0.4 is 0 Å². The summed E-state index contributed by atoms with van der Waals surface area (Å²) in [6, 6.07) is 8.04. The van der Waals surface area contributed by atoms with Crippen LogP contribution in [0.1, 0.15) is 24.2 Å². The van der Waals surface area contributed by atoms with Crippen LogP contribution in [0.3, 0.4) is 0 Å². The predicted octanol–water partition coefficient (Wildman–Crippen LogP) is 4.71. The molecule has 2 aromatic rings. The van der Waals surface area contributed by atoms with Crippen molar-refractivity contribution in [2.75, 3.05) is 0 Å². The van der Waals surface area contributed by atoms with Gasteiger partial charge in [0, 0.05) is 6.42 Å². The molecule has 0 amide bonds. The van der Waals surface area contributed by atoms with E-state index in [0.29, 0.717) is 10.3 Å². The molecule has 1 aromatic carbocycles. The molecular weight excluding hydrogens is 279 g/mol. The molecule has 1 aliphatic rings. The topological polar surface area (TPSA) is 25.8 Å². The van der Waals surface area contributed by atoms with Crippen LogP contribution in [0, 0.1) is 12.8 Å². The third-order valence-electron chi connectivity index (χ3n) is 3.38. The Morgan fingerprint density at radius 3 is 2.16 bits per heavy atom. The van der Waals surface area contributed by atoms with Gasteiger partial charge in [-0.3, -0.25) is 0 Å². The Balaban J connectivity index is 1.98. The van der Waals surface area contributed by atoms with Gasteiger partial charge in [0.05, 0.1) is 5.56 Å². The van der Waals surface area contributed by atoms with E-state index in [2.05, 4.69) is 9.97 Å². The second-order valence-electron chi connectivity index (χ2n) is 5.11. The highest BCUT2D eigenvalue weighted by atomic mass is 35.5. The smallest absolute Gasteiger partial charge is 0.142 e. The van der Waals surface area contributed by atoms with Gasteiger partial charge in [-0.05, 0) is 31.2 Å². The number of hydrogen-bond acceptors (Lipinski definition) is 2. The maximum Gasteiger partial charge on any atom is 0.142 e. The first-order chi connectivity index (χ1) is 9.13. The lowest BCUT2D eigenvalue weighted by molar-refractivity contribution is 0.770. The summed E-state index contributed by atoms with van der Waals surface area (Å²) in [7, 11) is 0. The van der Waals surface area contributed by atoms with Crippen LogP contribution in [0.2, 0.25) is 10.3 Å². The maximum atomic E-state index is 6.28. The van der Waals surface area contributed by atoms with Crippen LogP contribution in [0.15, 0.2) is 24.3 Å². The summed E-state index contributed by atoms with van der Waals surface area (Å²) in [6.07, 6.45) is 3.41. The van der Waals surface area contributed by atoms with Gasteiger partial charge >= 0.3 is 0 Å². The molecule has 0 saturated heterocycles. The number of aryl methyl sites for hydroxylation is 1. The number of aromatic nitrogens is 2.